The van der Waals surface area contributed by atoms with Crippen LogP contribution in [0.4, 0.5) is 0 Å². The van der Waals surface area contributed by atoms with Gasteiger partial charge in [-0.2, -0.15) is 0 Å². The zero-order valence-corrected chi connectivity index (χ0v) is 11.0. The Labute approximate surface area is 112 Å². The molecule has 1 aromatic carbocycles. The average Bonchev–Trinajstić information content (AvgIpc) is 2.92. The summed E-state index contributed by atoms with van der Waals surface area (Å²) in [5, 5.41) is 2.24. The number of halogens is 1. The Morgan fingerprint density at radius 3 is 2.89 bits per heavy atom. The van der Waals surface area contributed by atoms with Gasteiger partial charge in [0.25, 0.3) is 0 Å². The van der Waals surface area contributed by atoms with E-state index in [1.165, 1.54) is 0 Å². The maximum absolute atomic E-state index is 11.8. The van der Waals surface area contributed by atoms with E-state index in [1.54, 1.807) is 0 Å². The minimum Gasteiger partial charge on any atom is -0.378 e. The molecule has 0 spiro atoms. The van der Waals surface area contributed by atoms with Gasteiger partial charge in [-0.25, -0.2) is 0 Å². The van der Waals surface area contributed by atoms with Gasteiger partial charge in [-0.05, 0) is 24.8 Å². The van der Waals surface area contributed by atoms with Crippen molar-refractivity contribution in [3.63, 3.8) is 0 Å². The summed E-state index contributed by atoms with van der Waals surface area (Å²) in [5.74, 6) is -0.138. The molecule has 4 heteroatoms. The third-order valence-corrected chi connectivity index (χ3v) is 3.56. The quantitative estimate of drug-likeness (QED) is 0.833. The van der Waals surface area contributed by atoms with Crippen molar-refractivity contribution >= 4 is 17.5 Å². The summed E-state index contributed by atoms with van der Waals surface area (Å²) in [5.41, 5.74) is 0.828. The first-order chi connectivity index (χ1) is 8.77. The third-order valence-electron chi connectivity index (χ3n) is 3.11. The minimum atomic E-state index is -0.615. The molecule has 3 nitrogen and oxygen atoms in total. The number of carbonyl (C=O) groups is 1. The minimum absolute atomic E-state index is 0.138. The number of amides is 1. The molecular weight excluding hydrogens is 250 g/mol. The normalized spacial score (nSPS) is 20.6. The number of hydrogen-bond donors (Lipinski definition) is 1. The standard InChI is InChI=1S/C14H18ClNO2/c15-13(11-5-2-1-3-6-11)14(17)16-9-8-12-7-4-10-18-12/h1-3,5-6,12-13H,4,7-10H2,(H,16,17). The first kappa shape index (κ1) is 13.4. The molecule has 1 amide bonds. The molecule has 0 radical (unpaired) electrons. The predicted octanol–water partition coefficient (Wildman–Crippen LogP) is 2.65. The van der Waals surface area contributed by atoms with Crippen molar-refractivity contribution in [1.29, 1.82) is 0 Å². The molecule has 2 unspecified atom stereocenters. The van der Waals surface area contributed by atoms with Crippen molar-refractivity contribution in [1.82, 2.24) is 5.32 Å². The molecule has 0 aromatic heterocycles. The van der Waals surface area contributed by atoms with E-state index in [9.17, 15) is 4.79 Å². The van der Waals surface area contributed by atoms with Crippen LogP contribution in [0.15, 0.2) is 30.3 Å². The lowest BCUT2D eigenvalue weighted by atomic mass is 10.1. The summed E-state index contributed by atoms with van der Waals surface area (Å²) in [6.07, 6.45) is 3.39. The number of nitrogens with one attached hydrogen (secondary N) is 1. The summed E-state index contributed by atoms with van der Waals surface area (Å²) in [7, 11) is 0. The lowest BCUT2D eigenvalue weighted by Gasteiger charge is -2.13. The predicted molar refractivity (Wildman–Crippen MR) is 71.6 cm³/mol. The van der Waals surface area contributed by atoms with E-state index in [4.69, 9.17) is 16.3 Å². The lowest BCUT2D eigenvalue weighted by molar-refractivity contribution is -0.120. The number of hydrogen-bond acceptors (Lipinski definition) is 2. The van der Waals surface area contributed by atoms with Crippen molar-refractivity contribution in [2.75, 3.05) is 13.2 Å². The molecule has 1 aromatic rings. The smallest absolute Gasteiger partial charge is 0.242 e. The SMILES string of the molecule is O=C(NCCC1CCCO1)C(Cl)c1ccccc1. The van der Waals surface area contributed by atoms with Crippen LogP contribution in [0.3, 0.4) is 0 Å². The second-order valence-corrected chi connectivity index (χ2v) is 4.92. The van der Waals surface area contributed by atoms with Crippen LogP contribution in [0.1, 0.15) is 30.2 Å². The van der Waals surface area contributed by atoms with Crippen LogP contribution in [-0.4, -0.2) is 25.2 Å². The highest BCUT2D eigenvalue weighted by Gasteiger charge is 2.18. The van der Waals surface area contributed by atoms with E-state index in [0.717, 1.165) is 31.4 Å². The van der Waals surface area contributed by atoms with Crippen molar-refractivity contribution in [2.24, 2.45) is 0 Å². The molecule has 1 N–H and O–H groups in total. The first-order valence-electron chi connectivity index (χ1n) is 6.35. The van der Waals surface area contributed by atoms with Gasteiger partial charge in [0.05, 0.1) is 6.10 Å². The largest absolute Gasteiger partial charge is 0.378 e. The first-order valence-corrected chi connectivity index (χ1v) is 6.79. The van der Waals surface area contributed by atoms with E-state index >= 15 is 0 Å². The van der Waals surface area contributed by atoms with Gasteiger partial charge in [-0.1, -0.05) is 30.3 Å². The number of carbonyl (C=O) groups excluding carboxylic acids is 1. The van der Waals surface area contributed by atoms with Gasteiger partial charge in [-0.3, -0.25) is 4.79 Å². The molecule has 0 bridgehead atoms. The summed E-state index contributed by atoms with van der Waals surface area (Å²) in [6, 6.07) is 9.38. The van der Waals surface area contributed by atoms with Crippen molar-refractivity contribution in [3.05, 3.63) is 35.9 Å². The van der Waals surface area contributed by atoms with E-state index in [-0.39, 0.29) is 5.91 Å². The fraction of sp³-hybridized carbons (Fsp3) is 0.500. The van der Waals surface area contributed by atoms with Crippen LogP contribution in [0, 0.1) is 0 Å². The monoisotopic (exact) mass is 267 g/mol. The van der Waals surface area contributed by atoms with Gasteiger partial charge < -0.3 is 10.1 Å². The highest BCUT2D eigenvalue weighted by atomic mass is 35.5. The van der Waals surface area contributed by atoms with Gasteiger partial charge in [0.2, 0.25) is 5.91 Å². The average molecular weight is 268 g/mol. The fourth-order valence-corrected chi connectivity index (χ4v) is 2.31. The van der Waals surface area contributed by atoms with Crippen molar-refractivity contribution < 1.29 is 9.53 Å². The molecule has 1 heterocycles. The van der Waals surface area contributed by atoms with Crippen LogP contribution in [0.2, 0.25) is 0 Å². The van der Waals surface area contributed by atoms with Crippen molar-refractivity contribution in [3.8, 4) is 0 Å². The molecular formula is C14H18ClNO2. The summed E-state index contributed by atoms with van der Waals surface area (Å²) < 4.78 is 5.50. The Morgan fingerprint density at radius 2 is 2.22 bits per heavy atom. The van der Waals surface area contributed by atoms with Crippen LogP contribution < -0.4 is 5.32 Å². The second-order valence-electron chi connectivity index (χ2n) is 4.49. The molecule has 2 rings (SSSR count). The molecule has 1 saturated heterocycles. The number of ether oxygens (including phenoxy) is 1. The zero-order chi connectivity index (χ0) is 12.8. The van der Waals surface area contributed by atoms with Crippen LogP contribution >= 0.6 is 11.6 Å². The Balaban J connectivity index is 1.74. The Bertz CT molecular complexity index is 377. The van der Waals surface area contributed by atoms with Gasteiger partial charge in [0, 0.05) is 13.2 Å². The summed E-state index contributed by atoms with van der Waals surface area (Å²) in [4.78, 5) is 11.8. The van der Waals surface area contributed by atoms with Crippen LogP contribution in [-0.2, 0) is 9.53 Å². The Morgan fingerprint density at radius 1 is 1.44 bits per heavy atom. The Hall–Kier alpha value is -1.06. The van der Waals surface area contributed by atoms with Gasteiger partial charge >= 0.3 is 0 Å². The summed E-state index contributed by atoms with van der Waals surface area (Å²) in [6.45, 7) is 1.47. The molecule has 0 aliphatic carbocycles. The van der Waals surface area contributed by atoms with E-state index in [2.05, 4.69) is 5.32 Å². The number of rotatable bonds is 5. The van der Waals surface area contributed by atoms with E-state index in [0.29, 0.717) is 12.6 Å². The summed E-state index contributed by atoms with van der Waals surface area (Å²) >= 11 is 6.11. The Kier molecular flexibility index (Phi) is 5.02. The van der Waals surface area contributed by atoms with Crippen LogP contribution in [0.25, 0.3) is 0 Å². The van der Waals surface area contributed by atoms with Crippen molar-refractivity contribution in [2.45, 2.75) is 30.7 Å². The molecule has 18 heavy (non-hydrogen) atoms. The second kappa shape index (κ2) is 6.76. The zero-order valence-electron chi connectivity index (χ0n) is 10.3. The molecule has 0 saturated carbocycles. The van der Waals surface area contributed by atoms with Crippen LogP contribution in [0.5, 0.6) is 0 Å². The topological polar surface area (TPSA) is 38.3 Å². The highest BCUT2D eigenvalue weighted by molar-refractivity contribution is 6.30. The molecule has 1 aliphatic heterocycles. The fourth-order valence-electron chi connectivity index (χ4n) is 2.09. The molecule has 98 valence electrons. The highest BCUT2D eigenvalue weighted by Crippen LogP contribution is 2.20. The number of alkyl halides is 1. The maximum Gasteiger partial charge on any atom is 0.242 e. The maximum atomic E-state index is 11.8. The molecule has 1 aliphatic rings. The third kappa shape index (κ3) is 3.72. The lowest BCUT2D eigenvalue weighted by Crippen LogP contribution is -2.29. The number of benzene rings is 1. The van der Waals surface area contributed by atoms with E-state index < -0.39 is 5.38 Å². The van der Waals surface area contributed by atoms with Gasteiger partial charge in [-0.15, -0.1) is 11.6 Å². The van der Waals surface area contributed by atoms with Gasteiger partial charge in [0.1, 0.15) is 5.38 Å². The van der Waals surface area contributed by atoms with E-state index in [1.807, 2.05) is 30.3 Å². The molecule has 2 atom stereocenters. The van der Waals surface area contributed by atoms with Gasteiger partial charge in [0.15, 0.2) is 0 Å². The molecule has 1 fully saturated rings.